The van der Waals surface area contributed by atoms with Crippen LogP contribution in [0.2, 0.25) is 0 Å². The van der Waals surface area contributed by atoms with Crippen molar-refractivity contribution in [2.24, 2.45) is 5.41 Å². The van der Waals surface area contributed by atoms with Crippen molar-refractivity contribution in [3.05, 3.63) is 0 Å². The summed E-state index contributed by atoms with van der Waals surface area (Å²) in [4.78, 5) is 8.83. The highest BCUT2D eigenvalue weighted by atomic mass is 32.7. The molecule has 0 aliphatic rings. The van der Waals surface area contributed by atoms with Gasteiger partial charge >= 0.3 is 6.80 Å². The molecular formula is C8H19O5PS. The van der Waals surface area contributed by atoms with Crippen LogP contribution in [-0.2, 0) is 9.09 Å². The summed E-state index contributed by atoms with van der Waals surface area (Å²) in [7, 11) is 0. The Balaban J connectivity index is 4.29. The second-order valence-electron chi connectivity index (χ2n) is 3.68. The standard InChI is InChI=1S/C8H19O5PS/c1-2-3-4-8(5-9,6-10)7-13-14(11,12)15/h9-10H,2-7H2,1H3,(H2,11,12,15). The maximum absolute atomic E-state index is 10.8. The summed E-state index contributed by atoms with van der Waals surface area (Å²) in [6, 6.07) is 0. The Morgan fingerprint density at radius 1 is 1.40 bits per heavy atom. The Hall–Kier alpha value is 0.420. The molecule has 0 heterocycles. The van der Waals surface area contributed by atoms with Gasteiger partial charge in [0.1, 0.15) is 0 Å². The van der Waals surface area contributed by atoms with E-state index in [-0.39, 0.29) is 19.8 Å². The van der Waals surface area contributed by atoms with Gasteiger partial charge in [0.2, 0.25) is 0 Å². The minimum atomic E-state index is -3.85. The van der Waals surface area contributed by atoms with E-state index in [9.17, 15) is 4.57 Å². The van der Waals surface area contributed by atoms with E-state index in [2.05, 4.69) is 16.8 Å². The molecule has 7 heteroatoms. The SMILES string of the molecule is CCCCC(CO)(CO)COP(=O)(O)S. The number of unbranched alkanes of at least 4 members (excludes halogenated alkanes) is 1. The zero-order valence-electron chi connectivity index (χ0n) is 8.80. The third kappa shape index (κ3) is 6.56. The highest BCUT2D eigenvalue weighted by Crippen LogP contribution is 2.48. The maximum atomic E-state index is 10.8. The maximum Gasteiger partial charge on any atom is 0.383 e. The monoisotopic (exact) mass is 258 g/mol. The number of aliphatic hydroxyl groups is 2. The fourth-order valence-electron chi connectivity index (χ4n) is 1.14. The zero-order chi connectivity index (χ0) is 11.9. The van der Waals surface area contributed by atoms with Gasteiger partial charge in [0.15, 0.2) is 0 Å². The van der Waals surface area contributed by atoms with Crippen LogP contribution in [0.5, 0.6) is 0 Å². The van der Waals surface area contributed by atoms with Crippen LogP contribution in [0.3, 0.4) is 0 Å². The fourth-order valence-corrected chi connectivity index (χ4v) is 1.76. The first kappa shape index (κ1) is 15.4. The third-order valence-electron chi connectivity index (χ3n) is 2.27. The first-order valence-electron chi connectivity index (χ1n) is 4.81. The predicted octanol–water partition coefficient (Wildman–Crippen LogP) is 1.19. The highest BCUT2D eigenvalue weighted by Gasteiger charge is 2.31. The Labute approximate surface area is 95.2 Å². The van der Waals surface area contributed by atoms with Crippen molar-refractivity contribution >= 4 is 19.0 Å². The number of rotatable bonds is 8. The van der Waals surface area contributed by atoms with Gasteiger partial charge in [-0.2, -0.15) is 0 Å². The lowest BCUT2D eigenvalue weighted by molar-refractivity contribution is 0.00508. The van der Waals surface area contributed by atoms with E-state index < -0.39 is 12.2 Å². The minimum absolute atomic E-state index is 0.169. The Kier molecular flexibility index (Phi) is 7.08. The van der Waals surface area contributed by atoms with Crippen LogP contribution in [0.25, 0.3) is 0 Å². The van der Waals surface area contributed by atoms with Gasteiger partial charge in [-0.25, -0.2) is 4.57 Å². The number of thiol groups is 1. The van der Waals surface area contributed by atoms with Gasteiger partial charge < -0.3 is 19.6 Å². The molecule has 0 aromatic carbocycles. The van der Waals surface area contributed by atoms with Gasteiger partial charge in [0.05, 0.1) is 19.8 Å². The van der Waals surface area contributed by atoms with Gasteiger partial charge in [-0.05, 0) is 6.42 Å². The average Bonchev–Trinajstić information content (AvgIpc) is 2.18. The van der Waals surface area contributed by atoms with Crippen LogP contribution in [0.15, 0.2) is 0 Å². The van der Waals surface area contributed by atoms with E-state index in [1.807, 2.05) is 6.92 Å². The van der Waals surface area contributed by atoms with E-state index in [1.54, 1.807) is 0 Å². The molecule has 1 atom stereocenters. The van der Waals surface area contributed by atoms with Gasteiger partial charge in [0.25, 0.3) is 0 Å². The van der Waals surface area contributed by atoms with Crippen molar-refractivity contribution in [2.45, 2.75) is 26.2 Å². The van der Waals surface area contributed by atoms with Crippen molar-refractivity contribution in [1.29, 1.82) is 0 Å². The Morgan fingerprint density at radius 2 is 1.93 bits per heavy atom. The summed E-state index contributed by atoms with van der Waals surface area (Å²) >= 11 is 3.36. The second-order valence-corrected chi connectivity index (χ2v) is 6.44. The predicted molar refractivity (Wildman–Crippen MR) is 60.9 cm³/mol. The van der Waals surface area contributed by atoms with Gasteiger partial charge in [-0.3, -0.25) is 0 Å². The van der Waals surface area contributed by atoms with Crippen LogP contribution in [-0.4, -0.2) is 34.9 Å². The van der Waals surface area contributed by atoms with Crippen LogP contribution in [0.1, 0.15) is 26.2 Å². The van der Waals surface area contributed by atoms with Crippen molar-refractivity contribution in [1.82, 2.24) is 0 Å². The van der Waals surface area contributed by atoms with Crippen LogP contribution in [0, 0.1) is 5.41 Å². The zero-order valence-corrected chi connectivity index (χ0v) is 10.6. The van der Waals surface area contributed by atoms with Crippen molar-refractivity contribution < 1.29 is 24.2 Å². The first-order valence-corrected chi connectivity index (χ1v) is 7.54. The molecule has 0 saturated heterocycles. The molecule has 92 valence electrons. The van der Waals surface area contributed by atoms with Crippen LogP contribution in [0.4, 0.5) is 0 Å². The Bertz CT molecular complexity index is 213. The largest absolute Gasteiger partial charge is 0.396 e. The van der Waals surface area contributed by atoms with E-state index in [4.69, 9.17) is 15.1 Å². The summed E-state index contributed by atoms with van der Waals surface area (Å²) < 4.78 is 15.4. The summed E-state index contributed by atoms with van der Waals surface area (Å²) in [5.74, 6) is 0. The normalized spacial score (nSPS) is 16.3. The molecule has 0 fully saturated rings. The van der Waals surface area contributed by atoms with Gasteiger partial charge in [-0.15, -0.1) is 0 Å². The molecule has 0 amide bonds. The quantitative estimate of drug-likeness (QED) is 0.388. The number of hydrogen-bond acceptors (Lipinski definition) is 4. The van der Waals surface area contributed by atoms with Crippen molar-refractivity contribution in [3.63, 3.8) is 0 Å². The minimum Gasteiger partial charge on any atom is -0.396 e. The number of hydrogen-bond donors (Lipinski definition) is 4. The van der Waals surface area contributed by atoms with E-state index in [0.717, 1.165) is 12.8 Å². The van der Waals surface area contributed by atoms with E-state index >= 15 is 0 Å². The van der Waals surface area contributed by atoms with Crippen molar-refractivity contribution in [3.8, 4) is 0 Å². The summed E-state index contributed by atoms with van der Waals surface area (Å²) in [5.41, 5.74) is -0.850. The molecule has 0 aromatic heterocycles. The average molecular weight is 258 g/mol. The summed E-state index contributed by atoms with van der Waals surface area (Å²) in [5, 5.41) is 18.3. The number of aliphatic hydroxyl groups excluding tert-OH is 2. The van der Waals surface area contributed by atoms with Gasteiger partial charge in [-0.1, -0.05) is 32.0 Å². The third-order valence-corrected chi connectivity index (χ3v) is 3.08. The lowest BCUT2D eigenvalue weighted by atomic mass is 9.85. The molecule has 0 radical (unpaired) electrons. The second kappa shape index (κ2) is 6.89. The van der Waals surface area contributed by atoms with Crippen molar-refractivity contribution in [2.75, 3.05) is 19.8 Å². The van der Waals surface area contributed by atoms with Gasteiger partial charge in [0, 0.05) is 5.41 Å². The highest BCUT2D eigenvalue weighted by molar-refractivity contribution is 8.44. The molecule has 0 spiro atoms. The molecule has 0 saturated carbocycles. The molecule has 0 aromatic rings. The fraction of sp³-hybridized carbons (Fsp3) is 1.00. The smallest absolute Gasteiger partial charge is 0.383 e. The summed E-state index contributed by atoms with van der Waals surface area (Å²) in [6.07, 6.45) is 2.27. The molecule has 15 heavy (non-hydrogen) atoms. The molecular weight excluding hydrogens is 239 g/mol. The first-order chi connectivity index (χ1) is 6.89. The van der Waals surface area contributed by atoms with E-state index in [1.165, 1.54) is 0 Å². The van der Waals surface area contributed by atoms with Crippen LogP contribution >= 0.6 is 19.0 Å². The molecule has 5 nitrogen and oxygen atoms in total. The lowest BCUT2D eigenvalue weighted by Crippen LogP contribution is -2.34. The topological polar surface area (TPSA) is 87.0 Å². The lowest BCUT2D eigenvalue weighted by Gasteiger charge is -2.29. The molecule has 3 N–H and O–H groups in total. The Morgan fingerprint density at radius 3 is 2.27 bits per heavy atom. The van der Waals surface area contributed by atoms with E-state index in [0.29, 0.717) is 6.42 Å². The molecule has 1 unspecified atom stereocenters. The van der Waals surface area contributed by atoms with Crippen LogP contribution < -0.4 is 0 Å². The summed E-state index contributed by atoms with van der Waals surface area (Å²) in [6.45, 7) is -2.60. The molecule has 0 aliphatic heterocycles. The molecule has 0 aliphatic carbocycles. The molecule has 0 rings (SSSR count). The molecule has 0 bridgehead atoms.